The molecule has 0 bridgehead atoms. The Balaban J connectivity index is 2.83. The fraction of sp³-hybridized carbons (Fsp3) is 0.333. The predicted molar refractivity (Wildman–Crippen MR) is 73.7 cm³/mol. The highest BCUT2D eigenvalue weighted by Gasteiger charge is 2.20. The largest absolute Gasteiger partial charge is 0.263 e. The van der Waals surface area contributed by atoms with Crippen molar-refractivity contribution in [3.8, 4) is 0 Å². The zero-order chi connectivity index (χ0) is 12.8. The van der Waals surface area contributed by atoms with Crippen LogP contribution in [-0.2, 0) is 9.05 Å². The van der Waals surface area contributed by atoms with E-state index in [0.29, 0.717) is 5.92 Å². The molecule has 0 aliphatic rings. The first-order valence-corrected chi connectivity index (χ1v) is 8.41. The van der Waals surface area contributed by atoms with Crippen LogP contribution in [0.3, 0.4) is 0 Å². The molecule has 1 aromatic carbocycles. The van der Waals surface area contributed by atoms with Crippen LogP contribution in [0.2, 0.25) is 0 Å². The first kappa shape index (κ1) is 12.9. The minimum Gasteiger partial charge on any atom is -0.207 e. The first-order valence-electron chi connectivity index (χ1n) is 5.28. The quantitative estimate of drug-likeness (QED) is 0.774. The van der Waals surface area contributed by atoms with E-state index in [1.807, 2.05) is 18.2 Å². The number of aryl methyl sites for hydroxylation is 1. The van der Waals surface area contributed by atoms with Gasteiger partial charge in [0, 0.05) is 25.6 Å². The molecule has 0 saturated heterocycles. The van der Waals surface area contributed by atoms with E-state index >= 15 is 0 Å². The molecule has 0 aliphatic carbocycles. The van der Waals surface area contributed by atoms with Gasteiger partial charge in [-0.1, -0.05) is 19.9 Å². The maximum atomic E-state index is 11.6. The number of fused-ring (bicyclic) bond motifs is 1. The Bertz CT molecular complexity index is 669. The maximum absolute atomic E-state index is 11.6. The van der Waals surface area contributed by atoms with Crippen molar-refractivity contribution >= 4 is 41.2 Å². The van der Waals surface area contributed by atoms with Crippen LogP contribution in [0.4, 0.5) is 0 Å². The molecule has 2 rings (SSSR count). The fourth-order valence-electron chi connectivity index (χ4n) is 1.88. The second-order valence-electron chi connectivity index (χ2n) is 4.34. The van der Waals surface area contributed by atoms with Crippen molar-refractivity contribution in [3.63, 3.8) is 0 Å². The molecule has 17 heavy (non-hydrogen) atoms. The number of hydrogen-bond donors (Lipinski definition) is 0. The van der Waals surface area contributed by atoms with Gasteiger partial charge in [0.25, 0.3) is 9.05 Å². The number of halogens is 1. The summed E-state index contributed by atoms with van der Waals surface area (Å²) in [5.74, 6) is 0.366. The summed E-state index contributed by atoms with van der Waals surface area (Å²) in [6.07, 6.45) is 0. The van der Waals surface area contributed by atoms with Crippen LogP contribution >= 0.6 is 22.0 Å². The van der Waals surface area contributed by atoms with Crippen molar-refractivity contribution in [3.05, 3.63) is 28.6 Å². The van der Waals surface area contributed by atoms with Gasteiger partial charge in [-0.3, -0.25) is 0 Å². The minimum atomic E-state index is -3.68. The molecule has 0 spiro atoms. The molecular formula is C12H13ClO2S2. The van der Waals surface area contributed by atoms with Crippen LogP contribution in [0.25, 0.3) is 10.1 Å². The summed E-state index contributed by atoms with van der Waals surface area (Å²) in [6, 6.07) is 5.93. The lowest BCUT2D eigenvalue weighted by molar-refractivity contribution is 0.610. The molecule has 0 amide bonds. The summed E-state index contributed by atoms with van der Waals surface area (Å²) < 4.78 is 24.1. The number of benzene rings is 1. The predicted octanol–water partition coefficient (Wildman–Crippen LogP) is 4.26. The third-order valence-corrected chi connectivity index (χ3v) is 5.43. The summed E-state index contributed by atoms with van der Waals surface area (Å²) in [5.41, 5.74) is 1.12. The molecule has 0 atom stereocenters. The van der Waals surface area contributed by atoms with Gasteiger partial charge >= 0.3 is 0 Å². The molecule has 0 unspecified atom stereocenters. The zero-order valence-corrected chi connectivity index (χ0v) is 12.2. The average molecular weight is 289 g/mol. The highest BCUT2D eigenvalue weighted by Crippen LogP contribution is 2.37. The van der Waals surface area contributed by atoms with Crippen molar-refractivity contribution in [2.45, 2.75) is 31.6 Å². The number of thiophene rings is 1. The topological polar surface area (TPSA) is 34.1 Å². The molecule has 0 N–H and O–H groups in total. The molecule has 0 fully saturated rings. The number of hydrogen-bond acceptors (Lipinski definition) is 3. The van der Waals surface area contributed by atoms with E-state index < -0.39 is 9.05 Å². The summed E-state index contributed by atoms with van der Waals surface area (Å²) >= 11 is 1.46. The van der Waals surface area contributed by atoms with E-state index in [1.165, 1.54) is 11.3 Å². The normalized spacial score (nSPS) is 12.5. The third-order valence-electron chi connectivity index (χ3n) is 2.74. The SMILES string of the molecule is Cc1sc2ccc(C(C)C)cc2c1S(=O)(=O)Cl. The molecule has 1 heterocycles. The molecule has 92 valence electrons. The van der Waals surface area contributed by atoms with Crippen LogP contribution in [-0.4, -0.2) is 8.42 Å². The summed E-state index contributed by atoms with van der Waals surface area (Å²) in [4.78, 5) is 1.01. The van der Waals surface area contributed by atoms with Gasteiger partial charge in [0.2, 0.25) is 0 Å². The highest BCUT2D eigenvalue weighted by molar-refractivity contribution is 8.14. The second kappa shape index (κ2) is 4.26. The summed E-state index contributed by atoms with van der Waals surface area (Å²) in [6.45, 7) is 5.94. The lowest BCUT2D eigenvalue weighted by Crippen LogP contribution is -1.92. The van der Waals surface area contributed by atoms with Crippen molar-refractivity contribution in [1.29, 1.82) is 0 Å². The van der Waals surface area contributed by atoms with E-state index in [1.54, 1.807) is 6.92 Å². The monoisotopic (exact) mass is 288 g/mol. The van der Waals surface area contributed by atoms with Gasteiger partial charge in [-0.25, -0.2) is 8.42 Å². The zero-order valence-electron chi connectivity index (χ0n) is 9.82. The van der Waals surface area contributed by atoms with Crippen LogP contribution in [0.1, 0.15) is 30.2 Å². The Kier molecular flexibility index (Phi) is 3.23. The van der Waals surface area contributed by atoms with E-state index in [0.717, 1.165) is 20.5 Å². The Hall–Kier alpha value is -0.580. The van der Waals surface area contributed by atoms with Crippen molar-refractivity contribution in [2.24, 2.45) is 0 Å². The van der Waals surface area contributed by atoms with Gasteiger partial charge in [-0.2, -0.15) is 0 Å². The molecule has 0 saturated carbocycles. The molecule has 0 aliphatic heterocycles. The molecule has 5 heteroatoms. The van der Waals surface area contributed by atoms with Crippen molar-refractivity contribution in [1.82, 2.24) is 0 Å². The number of rotatable bonds is 2. The molecule has 2 aromatic rings. The Morgan fingerprint density at radius 2 is 1.94 bits per heavy atom. The van der Waals surface area contributed by atoms with Gasteiger partial charge in [-0.15, -0.1) is 11.3 Å². The smallest absolute Gasteiger partial charge is 0.207 e. The summed E-state index contributed by atoms with van der Waals surface area (Å²) in [5, 5.41) is 0.744. The van der Waals surface area contributed by atoms with E-state index in [2.05, 4.69) is 13.8 Å². The molecule has 2 nitrogen and oxygen atoms in total. The lowest BCUT2D eigenvalue weighted by Gasteiger charge is -2.05. The fourth-order valence-corrected chi connectivity index (χ4v) is 4.84. The Morgan fingerprint density at radius 1 is 1.29 bits per heavy atom. The second-order valence-corrected chi connectivity index (χ2v) is 8.09. The van der Waals surface area contributed by atoms with E-state index in [9.17, 15) is 8.42 Å². The Labute approximate surface area is 110 Å². The van der Waals surface area contributed by atoms with Crippen LogP contribution in [0.15, 0.2) is 23.1 Å². The van der Waals surface area contributed by atoms with Crippen molar-refractivity contribution in [2.75, 3.05) is 0 Å². The van der Waals surface area contributed by atoms with Gasteiger partial charge < -0.3 is 0 Å². The lowest BCUT2D eigenvalue weighted by atomic mass is 10.0. The van der Waals surface area contributed by atoms with Crippen LogP contribution < -0.4 is 0 Å². The maximum Gasteiger partial charge on any atom is 0.263 e. The van der Waals surface area contributed by atoms with E-state index in [-0.39, 0.29) is 4.90 Å². The standard InChI is InChI=1S/C12H13ClO2S2/c1-7(2)9-4-5-11-10(6-9)12(8(3)16-11)17(13,14)15/h4-7H,1-3H3. The summed E-state index contributed by atoms with van der Waals surface area (Å²) in [7, 11) is 1.82. The average Bonchev–Trinajstić information content (AvgIpc) is 2.51. The van der Waals surface area contributed by atoms with Gasteiger partial charge in [-0.05, 0) is 30.5 Å². The van der Waals surface area contributed by atoms with Crippen LogP contribution in [0, 0.1) is 6.92 Å². The van der Waals surface area contributed by atoms with E-state index in [4.69, 9.17) is 10.7 Å². The molecule has 0 radical (unpaired) electrons. The van der Waals surface area contributed by atoms with Gasteiger partial charge in [0.1, 0.15) is 4.90 Å². The van der Waals surface area contributed by atoms with Gasteiger partial charge in [0.15, 0.2) is 0 Å². The van der Waals surface area contributed by atoms with Gasteiger partial charge in [0.05, 0.1) is 0 Å². The Morgan fingerprint density at radius 3 is 2.47 bits per heavy atom. The minimum absolute atomic E-state index is 0.265. The molecule has 1 aromatic heterocycles. The first-order chi connectivity index (χ1) is 7.80. The highest BCUT2D eigenvalue weighted by atomic mass is 35.7. The third kappa shape index (κ3) is 2.34. The van der Waals surface area contributed by atoms with Crippen molar-refractivity contribution < 1.29 is 8.42 Å². The van der Waals surface area contributed by atoms with Crippen LogP contribution in [0.5, 0.6) is 0 Å². The molecular weight excluding hydrogens is 276 g/mol.